The van der Waals surface area contributed by atoms with E-state index in [1.54, 1.807) is 12.1 Å². The average molecular weight is 348 g/mol. The van der Waals surface area contributed by atoms with Gasteiger partial charge in [-0.3, -0.25) is 4.79 Å². The number of rotatable bonds is 7. The van der Waals surface area contributed by atoms with Gasteiger partial charge in [0.1, 0.15) is 5.75 Å². The standard InChI is InChI=1S/C15H19Cl2NO4/c1-4-9(2)18-14(19)8-21-15(20)10(3)22-13-6-5-11(16)7-12(13)17/h5-7,9-10H,4,8H2,1-3H3,(H,18,19)/t9-,10+/m1/s1. The molecule has 0 aromatic heterocycles. The molecule has 1 aromatic rings. The summed E-state index contributed by atoms with van der Waals surface area (Å²) in [5, 5.41) is 3.46. The Hall–Kier alpha value is -1.46. The van der Waals surface area contributed by atoms with E-state index in [2.05, 4.69) is 5.32 Å². The molecule has 1 N–H and O–H groups in total. The molecule has 122 valence electrons. The van der Waals surface area contributed by atoms with Gasteiger partial charge < -0.3 is 14.8 Å². The first-order valence-electron chi connectivity index (χ1n) is 6.91. The summed E-state index contributed by atoms with van der Waals surface area (Å²) in [6.45, 7) is 4.99. The Morgan fingerprint density at radius 2 is 1.95 bits per heavy atom. The number of halogens is 2. The van der Waals surface area contributed by atoms with Crippen LogP contribution in [0.25, 0.3) is 0 Å². The minimum Gasteiger partial charge on any atom is -0.477 e. The highest BCUT2D eigenvalue weighted by atomic mass is 35.5. The van der Waals surface area contributed by atoms with Crippen molar-refractivity contribution in [1.82, 2.24) is 5.32 Å². The molecule has 0 radical (unpaired) electrons. The van der Waals surface area contributed by atoms with E-state index in [0.717, 1.165) is 6.42 Å². The average Bonchev–Trinajstić information content (AvgIpc) is 2.47. The maximum Gasteiger partial charge on any atom is 0.347 e. The summed E-state index contributed by atoms with van der Waals surface area (Å²) in [6.07, 6.45) is -0.0936. The number of amides is 1. The van der Waals surface area contributed by atoms with E-state index in [1.807, 2.05) is 13.8 Å². The van der Waals surface area contributed by atoms with Crippen LogP contribution in [0.2, 0.25) is 10.0 Å². The predicted molar refractivity (Wildman–Crippen MR) is 85.4 cm³/mol. The van der Waals surface area contributed by atoms with Gasteiger partial charge in [0.2, 0.25) is 0 Å². The Morgan fingerprint density at radius 3 is 2.55 bits per heavy atom. The third-order valence-corrected chi connectivity index (χ3v) is 3.43. The molecule has 0 spiro atoms. The molecule has 5 nitrogen and oxygen atoms in total. The normalized spacial score (nSPS) is 13.1. The molecular formula is C15H19Cl2NO4. The van der Waals surface area contributed by atoms with Gasteiger partial charge in [-0.05, 0) is 38.5 Å². The first-order chi connectivity index (χ1) is 10.3. The highest BCUT2D eigenvalue weighted by Gasteiger charge is 2.19. The van der Waals surface area contributed by atoms with E-state index < -0.39 is 12.1 Å². The minimum atomic E-state index is -0.893. The number of benzene rings is 1. The Labute approximate surface area is 139 Å². The van der Waals surface area contributed by atoms with Crippen molar-refractivity contribution < 1.29 is 19.1 Å². The number of ether oxygens (including phenoxy) is 2. The molecule has 0 aliphatic carbocycles. The van der Waals surface area contributed by atoms with E-state index >= 15 is 0 Å². The van der Waals surface area contributed by atoms with Crippen molar-refractivity contribution >= 4 is 35.1 Å². The summed E-state index contributed by atoms with van der Waals surface area (Å²) in [4.78, 5) is 23.3. The molecule has 0 bridgehead atoms. The first-order valence-corrected chi connectivity index (χ1v) is 7.66. The van der Waals surface area contributed by atoms with Crippen LogP contribution in [0.15, 0.2) is 18.2 Å². The summed E-state index contributed by atoms with van der Waals surface area (Å²) in [6, 6.07) is 4.70. The number of esters is 1. The van der Waals surface area contributed by atoms with Crippen molar-refractivity contribution in [1.29, 1.82) is 0 Å². The zero-order chi connectivity index (χ0) is 16.7. The van der Waals surface area contributed by atoms with Crippen LogP contribution in [0, 0.1) is 0 Å². The van der Waals surface area contributed by atoms with Crippen LogP contribution < -0.4 is 10.1 Å². The number of hydrogen-bond donors (Lipinski definition) is 1. The van der Waals surface area contributed by atoms with Crippen LogP contribution in [-0.4, -0.2) is 30.6 Å². The summed E-state index contributed by atoms with van der Waals surface area (Å²) in [5.41, 5.74) is 0. The first kappa shape index (κ1) is 18.6. The van der Waals surface area contributed by atoms with Crippen LogP contribution in [0.5, 0.6) is 5.75 Å². The molecule has 1 aromatic carbocycles. The van der Waals surface area contributed by atoms with Crippen LogP contribution in [0.4, 0.5) is 0 Å². The summed E-state index contributed by atoms with van der Waals surface area (Å²) < 4.78 is 10.3. The van der Waals surface area contributed by atoms with Crippen molar-refractivity contribution in [3.63, 3.8) is 0 Å². The fourth-order valence-corrected chi connectivity index (χ4v) is 1.93. The molecule has 0 fully saturated rings. The van der Waals surface area contributed by atoms with Crippen molar-refractivity contribution in [2.24, 2.45) is 0 Å². The van der Waals surface area contributed by atoms with Gasteiger partial charge in [-0.15, -0.1) is 0 Å². The van der Waals surface area contributed by atoms with Gasteiger partial charge in [-0.2, -0.15) is 0 Å². The minimum absolute atomic E-state index is 0.0350. The smallest absolute Gasteiger partial charge is 0.347 e. The molecule has 2 atom stereocenters. The zero-order valence-corrected chi connectivity index (χ0v) is 14.2. The van der Waals surface area contributed by atoms with Crippen molar-refractivity contribution in [2.45, 2.75) is 39.3 Å². The van der Waals surface area contributed by atoms with Crippen LogP contribution >= 0.6 is 23.2 Å². The van der Waals surface area contributed by atoms with E-state index in [0.29, 0.717) is 15.8 Å². The topological polar surface area (TPSA) is 64.6 Å². The molecule has 22 heavy (non-hydrogen) atoms. The lowest BCUT2D eigenvalue weighted by molar-refractivity contribution is -0.154. The molecule has 1 rings (SSSR count). The largest absolute Gasteiger partial charge is 0.477 e. The molecule has 0 heterocycles. The van der Waals surface area contributed by atoms with Crippen molar-refractivity contribution in [3.05, 3.63) is 28.2 Å². The van der Waals surface area contributed by atoms with Gasteiger partial charge in [0.25, 0.3) is 5.91 Å². The Bertz CT molecular complexity index is 536. The zero-order valence-electron chi connectivity index (χ0n) is 12.7. The Kier molecular flexibility index (Phi) is 7.48. The Morgan fingerprint density at radius 1 is 1.27 bits per heavy atom. The van der Waals surface area contributed by atoms with Gasteiger partial charge in [-0.25, -0.2) is 4.79 Å². The summed E-state index contributed by atoms with van der Waals surface area (Å²) in [5.74, 6) is -0.677. The van der Waals surface area contributed by atoms with E-state index in [1.165, 1.54) is 13.0 Å². The fourth-order valence-electron chi connectivity index (χ4n) is 1.48. The molecule has 0 saturated carbocycles. The second-order valence-corrected chi connectivity index (χ2v) is 5.66. The van der Waals surface area contributed by atoms with Crippen molar-refractivity contribution in [3.8, 4) is 5.75 Å². The number of carbonyl (C=O) groups excluding carboxylic acids is 2. The number of hydrogen-bond acceptors (Lipinski definition) is 4. The maximum absolute atomic E-state index is 11.8. The lowest BCUT2D eigenvalue weighted by Crippen LogP contribution is -2.37. The summed E-state index contributed by atoms with van der Waals surface area (Å²) in [7, 11) is 0. The van der Waals surface area contributed by atoms with Crippen LogP contribution in [0.1, 0.15) is 27.2 Å². The van der Waals surface area contributed by atoms with E-state index in [-0.39, 0.29) is 18.6 Å². The SMILES string of the molecule is CC[C@@H](C)NC(=O)COC(=O)[C@H](C)Oc1ccc(Cl)cc1Cl. The number of carbonyl (C=O) groups is 2. The van der Waals surface area contributed by atoms with Gasteiger partial charge in [0.15, 0.2) is 12.7 Å². The van der Waals surface area contributed by atoms with Crippen LogP contribution in [0.3, 0.4) is 0 Å². The molecule has 0 unspecified atom stereocenters. The Balaban J connectivity index is 2.46. The monoisotopic (exact) mass is 347 g/mol. The third kappa shape index (κ3) is 6.12. The quantitative estimate of drug-likeness (QED) is 0.769. The second-order valence-electron chi connectivity index (χ2n) is 4.82. The molecule has 0 saturated heterocycles. The highest BCUT2D eigenvalue weighted by molar-refractivity contribution is 6.35. The van der Waals surface area contributed by atoms with E-state index in [4.69, 9.17) is 32.7 Å². The molecular weight excluding hydrogens is 329 g/mol. The third-order valence-electron chi connectivity index (χ3n) is 2.89. The predicted octanol–water partition coefficient (Wildman–Crippen LogP) is 3.22. The fraction of sp³-hybridized carbons (Fsp3) is 0.467. The number of nitrogens with one attached hydrogen (secondary N) is 1. The lowest BCUT2D eigenvalue weighted by atomic mass is 10.2. The van der Waals surface area contributed by atoms with Gasteiger partial charge in [-0.1, -0.05) is 30.1 Å². The van der Waals surface area contributed by atoms with Gasteiger partial charge >= 0.3 is 5.97 Å². The molecule has 1 amide bonds. The van der Waals surface area contributed by atoms with Crippen molar-refractivity contribution in [2.75, 3.05) is 6.61 Å². The molecule has 0 aliphatic rings. The summed E-state index contributed by atoms with van der Waals surface area (Å²) >= 11 is 11.7. The molecule has 7 heteroatoms. The lowest BCUT2D eigenvalue weighted by Gasteiger charge is -2.16. The van der Waals surface area contributed by atoms with Crippen LogP contribution in [-0.2, 0) is 14.3 Å². The molecule has 0 aliphatic heterocycles. The maximum atomic E-state index is 11.8. The van der Waals surface area contributed by atoms with Gasteiger partial charge in [0.05, 0.1) is 5.02 Å². The highest BCUT2D eigenvalue weighted by Crippen LogP contribution is 2.28. The van der Waals surface area contributed by atoms with E-state index in [9.17, 15) is 9.59 Å². The second kappa shape index (κ2) is 8.86. The van der Waals surface area contributed by atoms with Gasteiger partial charge in [0, 0.05) is 11.1 Å².